The summed E-state index contributed by atoms with van der Waals surface area (Å²) >= 11 is 0. The minimum atomic E-state index is -0.357. The van der Waals surface area contributed by atoms with E-state index < -0.39 is 0 Å². The van der Waals surface area contributed by atoms with Crippen molar-refractivity contribution in [3.05, 3.63) is 33.9 Å². The van der Waals surface area contributed by atoms with Crippen molar-refractivity contribution in [2.75, 3.05) is 27.2 Å². The van der Waals surface area contributed by atoms with E-state index in [0.717, 1.165) is 30.8 Å². The SMILES string of the molecule is CNCC1CCCCN1Cc1cc([N+](=O)[O-])ccc1OC. The molecule has 0 bridgehead atoms. The highest BCUT2D eigenvalue weighted by molar-refractivity contribution is 5.43. The minimum Gasteiger partial charge on any atom is -0.496 e. The number of rotatable bonds is 6. The fourth-order valence-corrected chi connectivity index (χ4v) is 2.96. The van der Waals surface area contributed by atoms with Crippen LogP contribution < -0.4 is 10.1 Å². The van der Waals surface area contributed by atoms with Crippen LogP contribution in [0.1, 0.15) is 24.8 Å². The van der Waals surface area contributed by atoms with Crippen LogP contribution >= 0.6 is 0 Å². The molecule has 0 aliphatic carbocycles. The Morgan fingerprint density at radius 3 is 2.95 bits per heavy atom. The molecule has 0 spiro atoms. The minimum absolute atomic E-state index is 0.118. The molecule has 2 rings (SSSR count). The zero-order valence-corrected chi connectivity index (χ0v) is 12.7. The Labute approximate surface area is 125 Å². The molecule has 1 saturated heterocycles. The number of likely N-dealkylation sites (tertiary alicyclic amines) is 1. The van der Waals surface area contributed by atoms with Crippen LogP contribution in [0.3, 0.4) is 0 Å². The quantitative estimate of drug-likeness (QED) is 0.643. The average Bonchev–Trinajstić information content (AvgIpc) is 2.49. The maximum Gasteiger partial charge on any atom is 0.270 e. The first-order valence-electron chi connectivity index (χ1n) is 7.35. The molecule has 1 aromatic carbocycles. The molecule has 1 aromatic rings. The van der Waals surface area contributed by atoms with Crippen LogP contribution in [0.4, 0.5) is 5.69 Å². The number of nitrogens with one attached hydrogen (secondary N) is 1. The van der Waals surface area contributed by atoms with Crippen LogP contribution in [0.5, 0.6) is 5.75 Å². The van der Waals surface area contributed by atoms with Gasteiger partial charge in [0.1, 0.15) is 5.75 Å². The van der Waals surface area contributed by atoms with Gasteiger partial charge >= 0.3 is 0 Å². The largest absolute Gasteiger partial charge is 0.496 e. The summed E-state index contributed by atoms with van der Waals surface area (Å²) in [5.74, 6) is 0.717. The molecule has 0 saturated carbocycles. The Bertz CT molecular complexity index is 491. The topological polar surface area (TPSA) is 67.6 Å². The van der Waals surface area contributed by atoms with E-state index in [0.29, 0.717) is 12.6 Å². The smallest absolute Gasteiger partial charge is 0.270 e. The number of non-ortho nitro benzene ring substituents is 1. The highest BCUT2D eigenvalue weighted by Gasteiger charge is 2.23. The van der Waals surface area contributed by atoms with Gasteiger partial charge in [0.05, 0.1) is 12.0 Å². The zero-order chi connectivity index (χ0) is 15.2. The monoisotopic (exact) mass is 293 g/mol. The van der Waals surface area contributed by atoms with Gasteiger partial charge in [-0.15, -0.1) is 0 Å². The Morgan fingerprint density at radius 1 is 1.48 bits per heavy atom. The van der Waals surface area contributed by atoms with E-state index in [1.807, 2.05) is 7.05 Å². The second-order valence-electron chi connectivity index (χ2n) is 5.43. The molecule has 1 N–H and O–H groups in total. The van der Waals surface area contributed by atoms with Gasteiger partial charge in [0.2, 0.25) is 0 Å². The first-order chi connectivity index (χ1) is 10.2. The van der Waals surface area contributed by atoms with Crippen LogP contribution in [0, 0.1) is 10.1 Å². The van der Waals surface area contributed by atoms with E-state index in [-0.39, 0.29) is 10.6 Å². The van der Waals surface area contributed by atoms with Crippen molar-refractivity contribution < 1.29 is 9.66 Å². The number of likely N-dealkylation sites (N-methyl/N-ethyl adjacent to an activating group) is 1. The zero-order valence-electron chi connectivity index (χ0n) is 12.7. The third kappa shape index (κ3) is 3.92. The number of piperidine rings is 1. The Kier molecular flexibility index (Phi) is 5.52. The summed E-state index contributed by atoms with van der Waals surface area (Å²) < 4.78 is 5.35. The van der Waals surface area contributed by atoms with Crippen LogP contribution in [0.2, 0.25) is 0 Å². The number of hydrogen-bond acceptors (Lipinski definition) is 5. The van der Waals surface area contributed by atoms with Crippen molar-refractivity contribution in [3.8, 4) is 5.75 Å². The molecule has 1 aliphatic rings. The van der Waals surface area contributed by atoms with Gasteiger partial charge in [-0.2, -0.15) is 0 Å². The number of ether oxygens (including phenoxy) is 1. The summed E-state index contributed by atoms with van der Waals surface area (Å²) in [6.45, 7) is 2.66. The van der Waals surface area contributed by atoms with Gasteiger partial charge in [0, 0.05) is 36.8 Å². The number of methoxy groups -OCH3 is 1. The summed E-state index contributed by atoms with van der Waals surface area (Å²) in [6, 6.07) is 5.28. The molecule has 6 nitrogen and oxygen atoms in total. The van der Waals surface area contributed by atoms with E-state index in [1.165, 1.54) is 18.9 Å². The van der Waals surface area contributed by atoms with E-state index in [2.05, 4.69) is 10.2 Å². The Morgan fingerprint density at radius 2 is 2.29 bits per heavy atom. The number of hydrogen-bond donors (Lipinski definition) is 1. The van der Waals surface area contributed by atoms with Gasteiger partial charge in [-0.3, -0.25) is 15.0 Å². The molecule has 1 heterocycles. The molecular formula is C15H23N3O3. The van der Waals surface area contributed by atoms with Crippen molar-refractivity contribution in [2.45, 2.75) is 31.8 Å². The lowest BCUT2D eigenvalue weighted by Crippen LogP contribution is -2.44. The number of nitro groups is 1. The maximum absolute atomic E-state index is 11.0. The van der Waals surface area contributed by atoms with E-state index in [4.69, 9.17) is 4.74 Å². The van der Waals surface area contributed by atoms with Crippen molar-refractivity contribution in [3.63, 3.8) is 0 Å². The first-order valence-corrected chi connectivity index (χ1v) is 7.35. The van der Waals surface area contributed by atoms with Crippen molar-refractivity contribution in [1.82, 2.24) is 10.2 Å². The summed E-state index contributed by atoms with van der Waals surface area (Å²) in [5, 5.41) is 14.2. The lowest BCUT2D eigenvalue weighted by molar-refractivity contribution is -0.385. The van der Waals surface area contributed by atoms with Crippen LogP contribution in [-0.2, 0) is 6.54 Å². The summed E-state index contributed by atoms with van der Waals surface area (Å²) in [4.78, 5) is 13.0. The third-order valence-corrected chi connectivity index (χ3v) is 4.04. The van der Waals surface area contributed by atoms with E-state index in [9.17, 15) is 10.1 Å². The van der Waals surface area contributed by atoms with Gasteiger partial charge in [0.25, 0.3) is 5.69 Å². The van der Waals surface area contributed by atoms with Gasteiger partial charge in [-0.1, -0.05) is 6.42 Å². The maximum atomic E-state index is 11.0. The first kappa shape index (κ1) is 15.7. The molecule has 21 heavy (non-hydrogen) atoms. The third-order valence-electron chi connectivity index (χ3n) is 4.04. The fourth-order valence-electron chi connectivity index (χ4n) is 2.96. The second-order valence-corrected chi connectivity index (χ2v) is 5.43. The molecule has 1 fully saturated rings. The highest BCUT2D eigenvalue weighted by Crippen LogP contribution is 2.27. The lowest BCUT2D eigenvalue weighted by atomic mass is 10.0. The van der Waals surface area contributed by atoms with Gasteiger partial charge in [0.15, 0.2) is 0 Å². The molecule has 6 heteroatoms. The number of nitrogens with zero attached hydrogens (tertiary/aromatic N) is 2. The van der Waals surface area contributed by atoms with Crippen molar-refractivity contribution in [1.29, 1.82) is 0 Å². The van der Waals surface area contributed by atoms with Gasteiger partial charge in [-0.05, 0) is 32.5 Å². The number of benzene rings is 1. The van der Waals surface area contributed by atoms with Crippen molar-refractivity contribution in [2.24, 2.45) is 0 Å². The van der Waals surface area contributed by atoms with Gasteiger partial charge < -0.3 is 10.1 Å². The second kappa shape index (κ2) is 7.38. The molecule has 1 atom stereocenters. The molecule has 1 aliphatic heterocycles. The molecule has 116 valence electrons. The van der Waals surface area contributed by atoms with Crippen LogP contribution in [0.25, 0.3) is 0 Å². The summed E-state index contributed by atoms with van der Waals surface area (Å²) in [6.07, 6.45) is 3.59. The predicted octanol–water partition coefficient (Wildman–Crippen LogP) is 2.18. The van der Waals surface area contributed by atoms with E-state index in [1.54, 1.807) is 19.2 Å². The molecule has 0 radical (unpaired) electrons. The highest BCUT2D eigenvalue weighted by atomic mass is 16.6. The van der Waals surface area contributed by atoms with Crippen LogP contribution in [0.15, 0.2) is 18.2 Å². The molecule has 0 aromatic heterocycles. The molecule has 0 amide bonds. The Balaban J connectivity index is 2.19. The molecular weight excluding hydrogens is 270 g/mol. The van der Waals surface area contributed by atoms with Crippen LogP contribution in [-0.4, -0.2) is 43.1 Å². The Hall–Kier alpha value is -1.66. The summed E-state index contributed by atoms with van der Waals surface area (Å²) in [5.41, 5.74) is 1.00. The normalized spacial score (nSPS) is 19.4. The van der Waals surface area contributed by atoms with E-state index >= 15 is 0 Å². The van der Waals surface area contributed by atoms with Gasteiger partial charge in [-0.25, -0.2) is 0 Å². The summed E-state index contributed by atoms with van der Waals surface area (Å²) in [7, 11) is 3.56. The fraction of sp³-hybridized carbons (Fsp3) is 0.600. The number of nitro benzene ring substituents is 1. The predicted molar refractivity (Wildman–Crippen MR) is 81.6 cm³/mol. The molecule has 1 unspecified atom stereocenters. The average molecular weight is 293 g/mol. The van der Waals surface area contributed by atoms with Crippen molar-refractivity contribution >= 4 is 5.69 Å². The standard InChI is InChI=1S/C15H23N3O3/c1-16-10-14-5-3-4-8-17(14)11-12-9-13(18(19)20)6-7-15(12)21-2/h6-7,9,14,16H,3-5,8,10-11H2,1-2H3. The lowest BCUT2D eigenvalue weighted by Gasteiger charge is -2.35.